The van der Waals surface area contributed by atoms with E-state index in [2.05, 4.69) is 31.6 Å². The van der Waals surface area contributed by atoms with Gasteiger partial charge in [-0.05, 0) is 17.7 Å². The number of nitrogens with zero attached hydrogens (tertiary/aromatic N) is 1. The average Bonchev–Trinajstić information content (AvgIpc) is 3.39. The number of carbonyl (C=O) groups is 5. The molecule has 0 aliphatic carbocycles. The lowest BCUT2D eigenvalue weighted by Crippen LogP contribution is -2.47. The van der Waals surface area contributed by atoms with Gasteiger partial charge in [0.2, 0.25) is 11.8 Å². The molecule has 3 rings (SSSR count). The second-order valence-electron chi connectivity index (χ2n) is 7.96. The smallest absolute Gasteiger partial charge is 0.326 e. The van der Waals surface area contributed by atoms with Crippen molar-refractivity contribution in [2.24, 2.45) is 0 Å². The molecule has 2 aromatic carbocycles. The monoisotopic (exact) mass is 554 g/mol. The van der Waals surface area contributed by atoms with Gasteiger partial charge in [0.25, 0.3) is 5.91 Å². The van der Waals surface area contributed by atoms with Crippen LogP contribution < -0.4 is 31.3 Å². The lowest BCUT2D eigenvalue weighted by Gasteiger charge is -2.15. The second-order valence-corrected chi connectivity index (χ2v) is 8.81. The number of urea groups is 1. The zero-order valence-corrected chi connectivity index (χ0v) is 21.5. The summed E-state index contributed by atoms with van der Waals surface area (Å²) in [6.07, 6.45) is -0.542. The highest BCUT2D eigenvalue weighted by atomic mass is 32.1. The first-order valence-corrected chi connectivity index (χ1v) is 12.4. The number of benzene rings is 2. The maximum absolute atomic E-state index is 12.3. The molecule has 3 aromatic rings. The van der Waals surface area contributed by atoms with Crippen LogP contribution in [0.15, 0.2) is 60.0 Å². The third-order valence-corrected chi connectivity index (χ3v) is 5.80. The number of hydrogen-bond acceptors (Lipinski definition) is 8. The SMILES string of the molecule is COc1cccc(NC(=O)C[C@H](NC(=O)CNC(=O)c2csc(NC(=O)NCc3ccccc3)n2)C(=O)O)c1. The van der Waals surface area contributed by atoms with Gasteiger partial charge in [0.1, 0.15) is 17.5 Å². The number of thiazole rings is 1. The van der Waals surface area contributed by atoms with Crippen molar-refractivity contribution in [2.45, 2.75) is 19.0 Å². The van der Waals surface area contributed by atoms with Crippen molar-refractivity contribution in [3.63, 3.8) is 0 Å². The number of methoxy groups -OCH3 is 1. The molecule has 0 unspecified atom stereocenters. The summed E-state index contributed by atoms with van der Waals surface area (Å²) in [6.45, 7) is -0.252. The zero-order valence-electron chi connectivity index (χ0n) is 20.7. The maximum Gasteiger partial charge on any atom is 0.326 e. The topological polar surface area (TPSA) is 188 Å². The second kappa shape index (κ2) is 14.1. The zero-order chi connectivity index (χ0) is 28.2. The number of carboxylic acid groups (broad SMARTS) is 1. The Bertz CT molecular complexity index is 1330. The normalized spacial score (nSPS) is 11.0. The molecule has 0 saturated carbocycles. The summed E-state index contributed by atoms with van der Waals surface area (Å²) >= 11 is 1.01. The third kappa shape index (κ3) is 9.44. The number of ether oxygens (including phenoxy) is 1. The van der Waals surface area contributed by atoms with Crippen molar-refractivity contribution in [3.05, 3.63) is 71.2 Å². The van der Waals surface area contributed by atoms with Gasteiger partial charge in [-0.25, -0.2) is 14.6 Å². The largest absolute Gasteiger partial charge is 0.497 e. The van der Waals surface area contributed by atoms with Gasteiger partial charge >= 0.3 is 12.0 Å². The Hall–Kier alpha value is -4.98. The molecule has 5 amide bonds. The molecule has 0 radical (unpaired) electrons. The predicted molar refractivity (Wildman–Crippen MR) is 143 cm³/mol. The van der Waals surface area contributed by atoms with Crippen LogP contribution >= 0.6 is 11.3 Å². The fourth-order valence-electron chi connectivity index (χ4n) is 3.15. The van der Waals surface area contributed by atoms with E-state index in [0.717, 1.165) is 16.9 Å². The fourth-order valence-corrected chi connectivity index (χ4v) is 3.84. The van der Waals surface area contributed by atoms with Gasteiger partial charge in [0.15, 0.2) is 5.13 Å². The quantitative estimate of drug-likeness (QED) is 0.195. The Balaban J connectivity index is 1.43. The summed E-state index contributed by atoms with van der Waals surface area (Å²) in [4.78, 5) is 64.5. The average molecular weight is 555 g/mol. The van der Waals surface area contributed by atoms with E-state index in [1.54, 1.807) is 24.3 Å². The summed E-state index contributed by atoms with van der Waals surface area (Å²) in [5, 5.41) is 23.2. The number of anilines is 2. The Morgan fingerprint density at radius 2 is 1.74 bits per heavy atom. The molecular weight excluding hydrogens is 528 g/mol. The fraction of sp³-hybridized carbons (Fsp3) is 0.200. The van der Waals surface area contributed by atoms with E-state index < -0.39 is 48.7 Å². The van der Waals surface area contributed by atoms with Crippen molar-refractivity contribution in [3.8, 4) is 5.75 Å². The van der Waals surface area contributed by atoms with Crippen LogP contribution in [-0.4, -0.2) is 59.5 Å². The summed E-state index contributed by atoms with van der Waals surface area (Å²) in [5.41, 5.74) is 1.26. The van der Waals surface area contributed by atoms with Crippen LogP contribution in [0.25, 0.3) is 0 Å². The van der Waals surface area contributed by atoms with Crippen LogP contribution in [0.3, 0.4) is 0 Å². The molecule has 0 bridgehead atoms. The minimum absolute atomic E-state index is 0.0430. The van der Waals surface area contributed by atoms with Crippen molar-refractivity contribution >= 4 is 51.9 Å². The van der Waals surface area contributed by atoms with Crippen LogP contribution in [0.1, 0.15) is 22.5 Å². The lowest BCUT2D eigenvalue weighted by atomic mass is 10.2. The molecule has 1 atom stereocenters. The maximum atomic E-state index is 12.3. The first-order valence-electron chi connectivity index (χ1n) is 11.5. The number of aliphatic carboxylic acids is 1. The molecule has 1 aromatic heterocycles. The van der Waals surface area contributed by atoms with Crippen molar-refractivity contribution in [2.75, 3.05) is 24.3 Å². The molecule has 0 spiro atoms. The lowest BCUT2D eigenvalue weighted by molar-refractivity contribution is -0.143. The van der Waals surface area contributed by atoms with Gasteiger partial charge in [-0.2, -0.15) is 0 Å². The minimum Gasteiger partial charge on any atom is -0.497 e. The summed E-state index contributed by atoms with van der Waals surface area (Å²) in [5.74, 6) is -3.09. The van der Waals surface area contributed by atoms with Crippen LogP contribution in [0.4, 0.5) is 15.6 Å². The van der Waals surface area contributed by atoms with Crippen molar-refractivity contribution < 1.29 is 33.8 Å². The first-order chi connectivity index (χ1) is 18.7. The van der Waals surface area contributed by atoms with E-state index in [1.165, 1.54) is 12.5 Å². The number of carbonyl (C=O) groups excluding carboxylic acids is 4. The first kappa shape index (κ1) is 28.6. The van der Waals surface area contributed by atoms with Crippen molar-refractivity contribution in [1.82, 2.24) is 20.9 Å². The molecule has 6 N–H and O–H groups in total. The van der Waals surface area contributed by atoms with Gasteiger partial charge < -0.3 is 31.1 Å². The highest BCUT2D eigenvalue weighted by Gasteiger charge is 2.24. The Labute approximate surface area is 227 Å². The van der Waals surface area contributed by atoms with Crippen LogP contribution in [0, 0.1) is 0 Å². The Morgan fingerprint density at radius 1 is 0.974 bits per heavy atom. The third-order valence-electron chi connectivity index (χ3n) is 5.04. The van der Waals surface area contributed by atoms with E-state index in [4.69, 9.17) is 4.74 Å². The van der Waals surface area contributed by atoms with Gasteiger partial charge in [0.05, 0.1) is 20.1 Å². The van der Waals surface area contributed by atoms with Gasteiger partial charge in [-0.15, -0.1) is 11.3 Å². The van der Waals surface area contributed by atoms with Gasteiger partial charge in [-0.3, -0.25) is 19.7 Å². The number of carboxylic acids is 1. The number of hydrogen-bond donors (Lipinski definition) is 6. The Kier molecular flexibility index (Phi) is 10.3. The predicted octanol–water partition coefficient (Wildman–Crippen LogP) is 1.80. The molecule has 204 valence electrons. The minimum atomic E-state index is -1.52. The highest BCUT2D eigenvalue weighted by Crippen LogP contribution is 2.17. The van der Waals surface area contributed by atoms with Gasteiger partial charge in [-0.1, -0.05) is 36.4 Å². The van der Waals surface area contributed by atoms with E-state index in [1.807, 2.05) is 30.3 Å². The number of nitrogens with one attached hydrogen (secondary N) is 5. The highest BCUT2D eigenvalue weighted by molar-refractivity contribution is 7.14. The summed E-state index contributed by atoms with van der Waals surface area (Å²) < 4.78 is 5.07. The van der Waals surface area contributed by atoms with Crippen LogP contribution in [0.5, 0.6) is 5.75 Å². The molecule has 0 fully saturated rings. The molecule has 13 nitrogen and oxygen atoms in total. The number of rotatable bonds is 12. The molecule has 0 saturated heterocycles. The van der Waals surface area contributed by atoms with E-state index in [9.17, 15) is 29.1 Å². The van der Waals surface area contributed by atoms with Crippen molar-refractivity contribution in [1.29, 1.82) is 0 Å². The number of aromatic nitrogens is 1. The summed E-state index contributed by atoms with van der Waals surface area (Å²) in [6, 6.07) is 13.7. The summed E-state index contributed by atoms with van der Waals surface area (Å²) in [7, 11) is 1.46. The van der Waals surface area contributed by atoms with E-state index in [-0.39, 0.29) is 10.8 Å². The van der Waals surface area contributed by atoms with Crippen LogP contribution in [-0.2, 0) is 20.9 Å². The Morgan fingerprint density at radius 3 is 2.46 bits per heavy atom. The van der Waals surface area contributed by atoms with Gasteiger partial charge in [0, 0.05) is 23.7 Å². The molecule has 39 heavy (non-hydrogen) atoms. The standard InChI is InChI=1S/C25H26N6O7S/c1-38-17-9-5-8-16(10-17)28-20(32)11-18(23(35)36)29-21(33)13-26-22(34)19-14-39-25(30-19)31-24(37)27-12-15-6-3-2-4-7-15/h2-10,14,18H,11-13H2,1H3,(H,26,34)(H,28,32)(H,29,33)(H,35,36)(H2,27,30,31,37)/t18-/m0/s1. The molecule has 0 aliphatic heterocycles. The molecule has 14 heteroatoms. The molecule has 0 aliphatic rings. The molecule has 1 heterocycles. The number of amides is 5. The molecular formula is C25H26N6O7S. The van der Waals surface area contributed by atoms with Crippen LogP contribution in [0.2, 0.25) is 0 Å². The van der Waals surface area contributed by atoms with E-state index in [0.29, 0.717) is 18.0 Å². The van der Waals surface area contributed by atoms with E-state index >= 15 is 0 Å².